The van der Waals surface area contributed by atoms with Gasteiger partial charge in [0.2, 0.25) is 5.91 Å². The van der Waals surface area contributed by atoms with Gasteiger partial charge in [0.05, 0.1) is 5.69 Å². The molecule has 3 amide bonds. The summed E-state index contributed by atoms with van der Waals surface area (Å²) >= 11 is 0. The lowest BCUT2D eigenvalue weighted by atomic mass is 9.80. The number of anilines is 1. The molecule has 0 bridgehead atoms. The van der Waals surface area contributed by atoms with E-state index in [0.717, 1.165) is 10.6 Å². The van der Waals surface area contributed by atoms with Crippen LogP contribution in [0.3, 0.4) is 0 Å². The van der Waals surface area contributed by atoms with Crippen molar-refractivity contribution in [2.45, 2.75) is 13.3 Å². The van der Waals surface area contributed by atoms with Gasteiger partial charge < -0.3 is 5.73 Å². The summed E-state index contributed by atoms with van der Waals surface area (Å²) in [6.07, 6.45) is 0.269. The minimum atomic E-state index is -0.925. The molecule has 7 nitrogen and oxygen atoms in total. The Kier molecular flexibility index (Phi) is 5.09. The van der Waals surface area contributed by atoms with Gasteiger partial charge in [0.15, 0.2) is 11.6 Å². The number of carbonyl (C=O) groups excluding carboxylic acids is 4. The second-order valence-electron chi connectivity index (χ2n) is 7.18. The normalized spacial score (nSPS) is 12.0. The van der Waals surface area contributed by atoms with E-state index in [0.29, 0.717) is 16.7 Å². The van der Waals surface area contributed by atoms with Crippen molar-refractivity contribution in [2.24, 2.45) is 5.73 Å². The van der Waals surface area contributed by atoms with Crippen molar-refractivity contribution >= 4 is 29.2 Å². The number of urea groups is 1. The van der Waals surface area contributed by atoms with E-state index in [1.165, 1.54) is 13.0 Å². The van der Waals surface area contributed by atoms with Crippen LogP contribution in [0.1, 0.15) is 49.9 Å². The van der Waals surface area contributed by atoms with Gasteiger partial charge in [0, 0.05) is 35.6 Å². The van der Waals surface area contributed by atoms with E-state index in [4.69, 9.17) is 5.73 Å². The van der Waals surface area contributed by atoms with E-state index in [2.05, 4.69) is 5.43 Å². The molecule has 154 valence electrons. The molecule has 0 aliphatic heterocycles. The fraction of sp³-hybridized carbons (Fsp3) is 0.0833. The molecule has 0 saturated heterocycles. The Balaban J connectivity index is 1.97. The van der Waals surface area contributed by atoms with E-state index in [1.54, 1.807) is 30.3 Å². The predicted octanol–water partition coefficient (Wildman–Crippen LogP) is 2.99. The molecule has 0 atom stereocenters. The third-order valence-electron chi connectivity index (χ3n) is 5.18. The van der Waals surface area contributed by atoms with Crippen LogP contribution in [0.2, 0.25) is 0 Å². The third kappa shape index (κ3) is 3.57. The van der Waals surface area contributed by atoms with Crippen molar-refractivity contribution < 1.29 is 19.2 Å². The van der Waals surface area contributed by atoms with Crippen molar-refractivity contribution in [2.75, 3.05) is 5.01 Å². The Morgan fingerprint density at radius 2 is 1.45 bits per heavy atom. The number of rotatable bonds is 3. The summed E-state index contributed by atoms with van der Waals surface area (Å²) in [7, 11) is 0. The van der Waals surface area contributed by atoms with Crippen LogP contribution in [0.15, 0.2) is 66.7 Å². The molecule has 0 aromatic heterocycles. The molecule has 1 aliphatic carbocycles. The quantitative estimate of drug-likeness (QED) is 0.503. The van der Waals surface area contributed by atoms with Gasteiger partial charge in [-0.1, -0.05) is 54.6 Å². The summed E-state index contributed by atoms with van der Waals surface area (Å²) in [5.74, 6) is -1.06. The molecule has 0 heterocycles. The van der Waals surface area contributed by atoms with Gasteiger partial charge in [0.1, 0.15) is 0 Å². The van der Waals surface area contributed by atoms with Crippen molar-refractivity contribution in [1.29, 1.82) is 0 Å². The third-order valence-corrected chi connectivity index (χ3v) is 5.18. The highest BCUT2D eigenvalue weighted by atomic mass is 16.2. The van der Waals surface area contributed by atoms with Crippen LogP contribution in [0.4, 0.5) is 10.5 Å². The van der Waals surface area contributed by atoms with Gasteiger partial charge in [-0.25, -0.2) is 15.2 Å². The fourth-order valence-electron chi connectivity index (χ4n) is 3.85. The first-order valence-corrected chi connectivity index (χ1v) is 9.63. The molecule has 0 radical (unpaired) electrons. The molecule has 3 N–H and O–H groups in total. The Morgan fingerprint density at radius 1 is 0.839 bits per heavy atom. The minimum Gasteiger partial charge on any atom is -0.350 e. The van der Waals surface area contributed by atoms with E-state index in [-0.39, 0.29) is 34.8 Å². The van der Waals surface area contributed by atoms with Crippen molar-refractivity contribution in [3.05, 3.63) is 100 Å². The van der Waals surface area contributed by atoms with Crippen LogP contribution in [0.25, 0.3) is 0 Å². The standard InChI is InChI=1S/C24H19N3O4/c1-14(28)27(26-24(25)31)20-12-11-18-21(19(20)13-15-7-3-2-4-8-15)23(30)17-10-6-5-9-16(17)22(18)29/h2-12H,13H2,1H3,(H3,25,26,31). The van der Waals surface area contributed by atoms with Gasteiger partial charge in [-0.3, -0.25) is 14.4 Å². The summed E-state index contributed by atoms with van der Waals surface area (Å²) in [4.78, 5) is 50.4. The highest BCUT2D eigenvalue weighted by Gasteiger charge is 2.34. The Labute approximate surface area is 178 Å². The van der Waals surface area contributed by atoms with E-state index in [1.807, 2.05) is 30.3 Å². The van der Waals surface area contributed by atoms with E-state index >= 15 is 0 Å². The molecule has 0 fully saturated rings. The molecule has 4 rings (SSSR count). The second-order valence-corrected chi connectivity index (χ2v) is 7.18. The number of fused-ring (bicyclic) bond motifs is 2. The smallest absolute Gasteiger partial charge is 0.331 e. The number of nitrogens with two attached hydrogens (primary N) is 1. The van der Waals surface area contributed by atoms with Crippen molar-refractivity contribution in [1.82, 2.24) is 5.43 Å². The molecule has 1 aliphatic rings. The zero-order valence-electron chi connectivity index (χ0n) is 16.7. The van der Waals surface area contributed by atoms with Crippen molar-refractivity contribution in [3.63, 3.8) is 0 Å². The maximum Gasteiger partial charge on any atom is 0.331 e. The topological polar surface area (TPSA) is 110 Å². The van der Waals surface area contributed by atoms with Crippen LogP contribution in [0.5, 0.6) is 0 Å². The van der Waals surface area contributed by atoms with Gasteiger partial charge in [-0.15, -0.1) is 0 Å². The zero-order chi connectivity index (χ0) is 22.1. The van der Waals surface area contributed by atoms with Crippen LogP contribution in [-0.2, 0) is 11.2 Å². The van der Waals surface area contributed by atoms with Crippen LogP contribution in [-0.4, -0.2) is 23.5 Å². The number of nitrogens with zero attached hydrogens (tertiary/aromatic N) is 1. The van der Waals surface area contributed by atoms with Gasteiger partial charge in [0.25, 0.3) is 0 Å². The number of primary amides is 1. The van der Waals surface area contributed by atoms with Crippen LogP contribution < -0.4 is 16.2 Å². The fourth-order valence-corrected chi connectivity index (χ4v) is 3.85. The zero-order valence-corrected chi connectivity index (χ0v) is 16.7. The predicted molar refractivity (Wildman–Crippen MR) is 115 cm³/mol. The van der Waals surface area contributed by atoms with Gasteiger partial charge in [-0.05, 0) is 23.3 Å². The largest absolute Gasteiger partial charge is 0.350 e. The first kappa shape index (κ1) is 20.0. The van der Waals surface area contributed by atoms with Crippen molar-refractivity contribution in [3.8, 4) is 0 Å². The molecule has 0 saturated carbocycles. The molecular weight excluding hydrogens is 394 g/mol. The average Bonchev–Trinajstić information content (AvgIpc) is 2.76. The number of hydrogen-bond acceptors (Lipinski definition) is 4. The summed E-state index contributed by atoms with van der Waals surface area (Å²) < 4.78 is 0. The second kappa shape index (κ2) is 7.87. The highest BCUT2D eigenvalue weighted by Crippen LogP contribution is 2.35. The van der Waals surface area contributed by atoms with Crippen LogP contribution >= 0.6 is 0 Å². The Bertz CT molecular complexity index is 1230. The summed E-state index contributed by atoms with van der Waals surface area (Å²) in [6, 6.07) is 18.1. The number of benzene rings is 3. The molecule has 3 aromatic carbocycles. The Morgan fingerprint density at radius 3 is 2.06 bits per heavy atom. The molecule has 31 heavy (non-hydrogen) atoms. The first-order valence-electron chi connectivity index (χ1n) is 9.63. The monoisotopic (exact) mass is 413 g/mol. The average molecular weight is 413 g/mol. The van der Waals surface area contributed by atoms with E-state index < -0.39 is 11.9 Å². The van der Waals surface area contributed by atoms with Gasteiger partial charge >= 0.3 is 6.03 Å². The maximum atomic E-state index is 13.5. The summed E-state index contributed by atoms with van der Waals surface area (Å²) in [5.41, 5.74) is 10.3. The lowest BCUT2D eigenvalue weighted by Gasteiger charge is -2.27. The summed E-state index contributed by atoms with van der Waals surface area (Å²) in [6.45, 7) is 1.27. The van der Waals surface area contributed by atoms with Crippen LogP contribution in [0, 0.1) is 0 Å². The number of carbonyl (C=O) groups is 4. The van der Waals surface area contributed by atoms with E-state index in [9.17, 15) is 19.2 Å². The molecular formula is C24H19N3O4. The molecule has 0 unspecified atom stereocenters. The number of hydrogen-bond donors (Lipinski definition) is 2. The number of hydrazine groups is 1. The first-order chi connectivity index (χ1) is 14.9. The highest BCUT2D eigenvalue weighted by molar-refractivity contribution is 6.29. The molecule has 3 aromatic rings. The van der Waals surface area contributed by atoms with Gasteiger partial charge in [-0.2, -0.15) is 0 Å². The lowest BCUT2D eigenvalue weighted by Crippen LogP contribution is -2.48. The minimum absolute atomic E-state index is 0.225. The maximum absolute atomic E-state index is 13.5. The summed E-state index contributed by atoms with van der Waals surface area (Å²) in [5, 5.41) is 0.999. The SMILES string of the molecule is CC(=O)N(NC(N)=O)c1ccc2c(c1Cc1ccccc1)C(=O)c1ccccc1C2=O. The number of nitrogens with one attached hydrogen (secondary N) is 1. The Hall–Kier alpha value is -4.26. The lowest BCUT2D eigenvalue weighted by molar-refractivity contribution is -0.117. The number of ketones is 2. The number of amides is 3. The molecule has 7 heteroatoms. The molecule has 0 spiro atoms.